The van der Waals surface area contributed by atoms with Gasteiger partial charge >= 0.3 is 0 Å². The van der Waals surface area contributed by atoms with Crippen molar-refractivity contribution in [3.05, 3.63) is 33.4 Å². The molecule has 0 saturated carbocycles. The van der Waals surface area contributed by atoms with E-state index >= 15 is 0 Å². The molecule has 16 heavy (non-hydrogen) atoms. The molecule has 0 heterocycles. The van der Waals surface area contributed by atoms with Crippen molar-refractivity contribution in [3.63, 3.8) is 0 Å². The van der Waals surface area contributed by atoms with Gasteiger partial charge in [0.2, 0.25) is 10.0 Å². The monoisotopic (exact) mass is 244 g/mol. The zero-order chi connectivity index (χ0) is 12.5. The molecule has 0 fully saturated rings. The van der Waals surface area contributed by atoms with Gasteiger partial charge in [0.15, 0.2) is 0 Å². The Morgan fingerprint density at radius 1 is 1.31 bits per heavy atom. The summed E-state index contributed by atoms with van der Waals surface area (Å²) in [6.45, 7) is 3.17. The van der Waals surface area contributed by atoms with E-state index in [0.29, 0.717) is 11.1 Å². The average Bonchev–Trinajstić information content (AvgIpc) is 2.07. The number of nitro benzene ring substituents is 1. The number of nitrogens with one attached hydrogen (secondary N) is 1. The fourth-order valence-electron chi connectivity index (χ4n) is 1.33. The fraction of sp³-hybridized carbons (Fsp3) is 0.333. The number of benzene rings is 1. The number of anilines is 1. The highest BCUT2D eigenvalue weighted by atomic mass is 32.2. The molecule has 0 saturated heterocycles. The summed E-state index contributed by atoms with van der Waals surface area (Å²) >= 11 is 0. The molecule has 0 aliphatic carbocycles. The van der Waals surface area contributed by atoms with Crippen LogP contribution in [0.5, 0.6) is 0 Å². The second-order valence-corrected chi connectivity index (χ2v) is 5.34. The Kier molecular flexibility index (Phi) is 3.18. The van der Waals surface area contributed by atoms with E-state index in [-0.39, 0.29) is 11.4 Å². The lowest BCUT2D eigenvalue weighted by atomic mass is 10.1. The summed E-state index contributed by atoms with van der Waals surface area (Å²) in [4.78, 5) is 10.2. The van der Waals surface area contributed by atoms with E-state index in [4.69, 9.17) is 0 Å². The number of aryl methyl sites for hydroxylation is 1. The van der Waals surface area contributed by atoms with Gasteiger partial charge in [0, 0.05) is 6.07 Å². The van der Waals surface area contributed by atoms with E-state index in [0.717, 1.165) is 6.26 Å². The molecule has 0 radical (unpaired) electrons. The molecule has 88 valence electrons. The second-order valence-electron chi connectivity index (χ2n) is 3.59. The van der Waals surface area contributed by atoms with E-state index in [1.165, 1.54) is 13.0 Å². The molecule has 1 aromatic carbocycles. The fourth-order valence-corrected chi connectivity index (χ4v) is 1.95. The van der Waals surface area contributed by atoms with Crippen LogP contribution in [0.3, 0.4) is 0 Å². The Hall–Kier alpha value is -1.63. The summed E-state index contributed by atoms with van der Waals surface area (Å²) in [5.41, 5.74) is 1.09. The standard InChI is InChI=1S/C9H12N2O4S/c1-6-4-8(10-16(3,14)15)7(2)9(5-6)11(12)13/h4-5,10H,1-3H3. The number of rotatable bonds is 3. The zero-order valence-corrected chi connectivity index (χ0v) is 9.96. The predicted octanol–water partition coefficient (Wildman–Crippen LogP) is 1.58. The van der Waals surface area contributed by atoms with Gasteiger partial charge in [0.1, 0.15) is 0 Å². The van der Waals surface area contributed by atoms with E-state index in [1.54, 1.807) is 13.0 Å². The van der Waals surface area contributed by atoms with Crippen molar-refractivity contribution in [3.8, 4) is 0 Å². The van der Waals surface area contributed by atoms with Gasteiger partial charge < -0.3 is 0 Å². The maximum absolute atomic E-state index is 11.1. The van der Waals surface area contributed by atoms with Crippen molar-refractivity contribution in [2.24, 2.45) is 0 Å². The third-order valence-electron chi connectivity index (χ3n) is 2.02. The smallest absolute Gasteiger partial charge is 0.274 e. The number of nitrogens with zero attached hydrogens (tertiary/aromatic N) is 1. The summed E-state index contributed by atoms with van der Waals surface area (Å²) in [6.07, 6.45) is 1.00. The molecular formula is C9H12N2O4S. The minimum absolute atomic E-state index is 0.0915. The van der Waals surface area contributed by atoms with Gasteiger partial charge in [-0.1, -0.05) is 0 Å². The van der Waals surface area contributed by atoms with Crippen molar-refractivity contribution in [1.29, 1.82) is 0 Å². The van der Waals surface area contributed by atoms with E-state index < -0.39 is 14.9 Å². The van der Waals surface area contributed by atoms with Crippen LogP contribution in [0.1, 0.15) is 11.1 Å². The van der Waals surface area contributed by atoms with Crippen LogP contribution in [0, 0.1) is 24.0 Å². The lowest BCUT2D eigenvalue weighted by Gasteiger charge is -2.08. The van der Waals surface area contributed by atoms with Crippen molar-refractivity contribution >= 4 is 21.4 Å². The molecule has 0 aliphatic heterocycles. The highest BCUT2D eigenvalue weighted by Crippen LogP contribution is 2.27. The number of hydrogen-bond acceptors (Lipinski definition) is 4. The van der Waals surface area contributed by atoms with Crippen LogP contribution in [0.25, 0.3) is 0 Å². The first-order valence-electron chi connectivity index (χ1n) is 4.44. The van der Waals surface area contributed by atoms with Gasteiger partial charge in [0.25, 0.3) is 5.69 Å². The molecule has 0 aromatic heterocycles. The first-order valence-corrected chi connectivity index (χ1v) is 6.33. The summed E-state index contributed by atoms with van der Waals surface area (Å²) in [5.74, 6) is 0. The highest BCUT2D eigenvalue weighted by molar-refractivity contribution is 7.92. The molecule has 0 amide bonds. The first kappa shape index (κ1) is 12.4. The van der Waals surface area contributed by atoms with Crippen LogP contribution in [0.2, 0.25) is 0 Å². The Bertz CT molecular complexity index is 537. The molecule has 0 aliphatic rings. The minimum atomic E-state index is -3.43. The van der Waals surface area contributed by atoms with Crippen LogP contribution >= 0.6 is 0 Å². The van der Waals surface area contributed by atoms with Crippen LogP contribution in [0.15, 0.2) is 12.1 Å². The van der Waals surface area contributed by atoms with Gasteiger partial charge in [-0.25, -0.2) is 8.42 Å². The lowest BCUT2D eigenvalue weighted by Crippen LogP contribution is -2.11. The van der Waals surface area contributed by atoms with Gasteiger partial charge in [-0.2, -0.15) is 0 Å². The largest absolute Gasteiger partial charge is 0.283 e. The van der Waals surface area contributed by atoms with Crippen LogP contribution < -0.4 is 4.72 Å². The molecule has 6 nitrogen and oxygen atoms in total. The van der Waals surface area contributed by atoms with Crippen molar-refractivity contribution < 1.29 is 13.3 Å². The second kappa shape index (κ2) is 4.09. The topological polar surface area (TPSA) is 89.3 Å². The SMILES string of the molecule is Cc1cc(NS(C)(=O)=O)c(C)c([N+](=O)[O-])c1. The van der Waals surface area contributed by atoms with Crippen molar-refractivity contribution in [2.75, 3.05) is 11.0 Å². The van der Waals surface area contributed by atoms with Crippen molar-refractivity contribution in [2.45, 2.75) is 13.8 Å². The molecule has 0 atom stereocenters. The summed E-state index contributed by atoms with van der Waals surface area (Å²) in [6, 6.07) is 2.96. The van der Waals surface area contributed by atoms with E-state index in [1.807, 2.05) is 0 Å². The number of nitro groups is 1. The maximum Gasteiger partial charge on any atom is 0.274 e. The Morgan fingerprint density at radius 3 is 2.31 bits per heavy atom. The summed E-state index contributed by atoms with van der Waals surface area (Å²) < 4.78 is 24.4. The Morgan fingerprint density at radius 2 is 1.88 bits per heavy atom. The normalized spacial score (nSPS) is 11.2. The van der Waals surface area contributed by atoms with Crippen LogP contribution in [-0.4, -0.2) is 19.6 Å². The van der Waals surface area contributed by atoms with Gasteiger partial charge in [0.05, 0.1) is 22.4 Å². The first-order chi connectivity index (χ1) is 7.20. The molecule has 7 heteroatoms. The Balaban J connectivity index is 3.35. The number of sulfonamides is 1. The zero-order valence-electron chi connectivity index (χ0n) is 9.14. The van der Waals surface area contributed by atoms with E-state index in [2.05, 4.69) is 4.72 Å². The van der Waals surface area contributed by atoms with Gasteiger partial charge in [-0.3, -0.25) is 14.8 Å². The molecule has 0 bridgehead atoms. The van der Waals surface area contributed by atoms with Gasteiger partial charge in [-0.15, -0.1) is 0 Å². The van der Waals surface area contributed by atoms with Crippen LogP contribution in [-0.2, 0) is 10.0 Å². The molecule has 1 rings (SSSR count). The molecule has 1 N–H and O–H groups in total. The molecule has 0 spiro atoms. The van der Waals surface area contributed by atoms with Crippen LogP contribution in [0.4, 0.5) is 11.4 Å². The number of hydrogen-bond donors (Lipinski definition) is 1. The quantitative estimate of drug-likeness (QED) is 0.645. The van der Waals surface area contributed by atoms with Crippen molar-refractivity contribution in [1.82, 2.24) is 0 Å². The Labute approximate surface area is 93.5 Å². The summed E-state index contributed by atoms with van der Waals surface area (Å²) in [5, 5.41) is 10.7. The molecule has 1 aromatic rings. The maximum atomic E-state index is 11.1. The lowest BCUT2D eigenvalue weighted by molar-refractivity contribution is -0.385. The average molecular weight is 244 g/mol. The molecular weight excluding hydrogens is 232 g/mol. The molecule has 0 unspecified atom stereocenters. The highest BCUT2D eigenvalue weighted by Gasteiger charge is 2.16. The third-order valence-corrected chi connectivity index (χ3v) is 2.61. The van der Waals surface area contributed by atoms with Gasteiger partial charge in [-0.05, 0) is 25.5 Å². The third kappa shape index (κ3) is 2.93. The predicted molar refractivity (Wildman–Crippen MR) is 61.0 cm³/mol. The minimum Gasteiger partial charge on any atom is -0.283 e. The summed E-state index contributed by atoms with van der Waals surface area (Å²) in [7, 11) is -3.43. The van der Waals surface area contributed by atoms with E-state index in [9.17, 15) is 18.5 Å².